The maximum atomic E-state index is 6.11. The van der Waals surface area contributed by atoms with Crippen LogP contribution in [0, 0.1) is 35.5 Å². The van der Waals surface area contributed by atoms with E-state index in [2.05, 4.69) is 0 Å². The molecule has 0 aromatic heterocycles. The monoisotopic (exact) mass is 220 g/mol. The molecule has 5 aliphatic carbocycles. The van der Waals surface area contributed by atoms with Crippen LogP contribution in [0.5, 0.6) is 0 Å². The smallest absolute Gasteiger partial charge is 0.104 e. The fourth-order valence-corrected chi connectivity index (χ4v) is 5.68. The molecule has 4 bridgehead atoms. The molecule has 1 heterocycles. The molecule has 2 nitrogen and oxygen atoms in total. The highest BCUT2D eigenvalue weighted by atomic mass is 16.6. The number of epoxide rings is 1. The minimum atomic E-state index is 0.451. The Labute approximate surface area is 96.7 Å². The zero-order chi connectivity index (χ0) is 10.3. The number of hydrogen-bond donors (Lipinski definition) is 0. The van der Waals surface area contributed by atoms with Crippen molar-refractivity contribution in [2.24, 2.45) is 35.5 Å². The molecule has 2 heteroatoms. The van der Waals surface area contributed by atoms with Crippen molar-refractivity contribution in [3.05, 3.63) is 0 Å². The van der Waals surface area contributed by atoms with Crippen LogP contribution in [0.4, 0.5) is 0 Å². The lowest BCUT2D eigenvalue weighted by Gasteiger charge is -2.31. The molecule has 6 aliphatic rings. The second kappa shape index (κ2) is 2.84. The van der Waals surface area contributed by atoms with Crippen LogP contribution in [-0.2, 0) is 9.47 Å². The average molecular weight is 220 g/mol. The van der Waals surface area contributed by atoms with Crippen molar-refractivity contribution < 1.29 is 9.47 Å². The molecule has 0 spiro atoms. The van der Waals surface area contributed by atoms with Crippen LogP contribution >= 0.6 is 0 Å². The highest BCUT2D eigenvalue weighted by Crippen LogP contribution is 2.70. The second-order valence-corrected chi connectivity index (χ2v) is 6.87. The van der Waals surface area contributed by atoms with E-state index in [0.29, 0.717) is 12.2 Å². The fraction of sp³-hybridized carbons (Fsp3) is 1.00. The maximum Gasteiger partial charge on any atom is 0.104 e. The van der Waals surface area contributed by atoms with E-state index in [-0.39, 0.29) is 0 Å². The Morgan fingerprint density at radius 2 is 1.69 bits per heavy atom. The van der Waals surface area contributed by atoms with E-state index in [0.717, 1.165) is 48.7 Å². The van der Waals surface area contributed by atoms with Gasteiger partial charge in [-0.15, -0.1) is 0 Å². The van der Waals surface area contributed by atoms with Crippen molar-refractivity contribution in [2.45, 2.75) is 37.9 Å². The van der Waals surface area contributed by atoms with E-state index < -0.39 is 0 Å². The lowest BCUT2D eigenvalue weighted by atomic mass is 9.78. The van der Waals surface area contributed by atoms with Crippen LogP contribution in [0.2, 0.25) is 0 Å². The molecule has 6 atom stereocenters. The Kier molecular flexibility index (Phi) is 1.58. The fourth-order valence-electron chi connectivity index (χ4n) is 5.68. The molecule has 6 fully saturated rings. The summed E-state index contributed by atoms with van der Waals surface area (Å²) in [6.45, 7) is 1.82. The summed E-state index contributed by atoms with van der Waals surface area (Å²) in [4.78, 5) is 0. The molecule has 0 aromatic carbocycles. The van der Waals surface area contributed by atoms with Crippen molar-refractivity contribution in [1.29, 1.82) is 0 Å². The van der Waals surface area contributed by atoms with Crippen molar-refractivity contribution >= 4 is 0 Å². The lowest BCUT2D eigenvalue weighted by molar-refractivity contribution is -0.0183. The summed E-state index contributed by atoms with van der Waals surface area (Å²) in [5.41, 5.74) is 0. The largest absolute Gasteiger partial charge is 0.375 e. The van der Waals surface area contributed by atoms with Crippen LogP contribution in [0.15, 0.2) is 0 Å². The SMILES string of the molecule is C1OC1COC1CC2CC1C1C3CC(C3)C21. The van der Waals surface area contributed by atoms with E-state index >= 15 is 0 Å². The molecule has 0 amide bonds. The number of rotatable bonds is 3. The number of fused-ring (bicyclic) bond motifs is 2. The molecule has 1 saturated heterocycles. The Hall–Kier alpha value is -0.0800. The summed E-state index contributed by atoms with van der Waals surface area (Å²) in [7, 11) is 0. The molecular weight excluding hydrogens is 200 g/mol. The van der Waals surface area contributed by atoms with E-state index in [1.54, 1.807) is 12.8 Å². The minimum absolute atomic E-state index is 0.451. The van der Waals surface area contributed by atoms with E-state index in [1.807, 2.05) is 0 Å². The topological polar surface area (TPSA) is 21.8 Å². The highest BCUT2D eigenvalue weighted by molar-refractivity contribution is 5.14. The van der Waals surface area contributed by atoms with Gasteiger partial charge in [-0.2, -0.15) is 0 Å². The molecule has 6 unspecified atom stereocenters. The molecule has 1 aliphatic heterocycles. The summed E-state index contributed by atoms with van der Waals surface area (Å²) in [5, 5.41) is 0. The zero-order valence-corrected chi connectivity index (χ0v) is 9.68. The third-order valence-corrected chi connectivity index (χ3v) is 6.27. The Bertz CT molecular complexity index is 319. The van der Waals surface area contributed by atoms with Gasteiger partial charge in [0.1, 0.15) is 6.10 Å². The molecule has 0 radical (unpaired) electrons. The second-order valence-electron chi connectivity index (χ2n) is 6.87. The van der Waals surface area contributed by atoms with Gasteiger partial charge < -0.3 is 9.47 Å². The van der Waals surface area contributed by atoms with Gasteiger partial charge >= 0.3 is 0 Å². The zero-order valence-electron chi connectivity index (χ0n) is 9.68. The standard InChI is InChI=1S/C14H20O2/c1-7-2-8(1)14-11-3-9(13(7)14)4-12(11)16-6-10-5-15-10/h7-14H,1-6H2. The third-order valence-electron chi connectivity index (χ3n) is 6.27. The number of ether oxygens (including phenoxy) is 2. The van der Waals surface area contributed by atoms with Gasteiger partial charge in [0, 0.05) is 0 Å². The van der Waals surface area contributed by atoms with Gasteiger partial charge in [-0.1, -0.05) is 0 Å². The first-order valence-electron chi connectivity index (χ1n) is 7.13. The van der Waals surface area contributed by atoms with Gasteiger partial charge in [0.2, 0.25) is 0 Å². The normalized spacial score (nSPS) is 64.5. The maximum absolute atomic E-state index is 6.11. The van der Waals surface area contributed by atoms with Gasteiger partial charge in [0.05, 0.1) is 19.3 Å². The summed E-state index contributed by atoms with van der Waals surface area (Å²) >= 11 is 0. The number of hydrogen-bond acceptors (Lipinski definition) is 2. The molecule has 0 N–H and O–H groups in total. The van der Waals surface area contributed by atoms with Crippen LogP contribution in [0.1, 0.15) is 25.7 Å². The molecular formula is C14H20O2. The van der Waals surface area contributed by atoms with Crippen LogP contribution < -0.4 is 0 Å². The van der Waals surface area contributed by atoms with Gasteiger partial charge in [0.25, 0.3) is 0 Å². The highest BCUT2D eigenvalue weighted by Gasteiger charge is 2.65. The summed E-state index contributed by atoms with van der Waals surface area (Å²) in [6, 6.07) is 0. The minimum Gasteiger partial charge on any atom is -0.375 e. The predicted molar refractivity (Wildman–Crippen MR) is 58.9 cm³/mol. The van der Waals surface area contributed by atoms with Gasteiger partial charge in [-0.3, -0.25) is 0 Å². The summed E-state index contributed by atoms with van der Waals surface area (Å²) < 4.78 is 11.4. The quantitative estimate of drug-likeness (QED) is 0.679. The Morgan fingerprint density at radius 3 is 2.50 bits per heavy atom. The first-order valence-corrected chi connectivity index (χ1v) is 7.13. The first kappa shape index (κ1) is 8.93. The molecule has 6 rings (SSSR count). The van der Waals surface area contributed by atoms with Crippen molar-refractivity contribution in [3.8, 4) is 0 Å². The lowest BCUT2D eigenvalue weighted by Crippen LogP contribution is -2.32. The summed E-state index contributed by atoms with van der Waals surface area (Å²) in [5.74, 6) is 6.43. The third kappa shape index (κ3) is 1.01. The molecule has 0 aromatic rings. The average Bonchev–Trinajstić information content (AvgIpc) is 2.63. The summed E-state index contributed by atoms with van der Waals surface area (Å²) in [6.07, 6.45) is 7.07. The molecule has 5 saturated carbocycles. The molecule has 16 heavy (non-hydrogen) atoms. The predicted octanol–water partition coefficient (Wildman–Crippen LogP) is 2.08. The molecule has 88 valence electrons. The van der Waals surface area contributed by atoms with Gasteiger partial charge in [-0.05, 0) is 61.2 Å². The van der Waals surface area contributed by atoms with Crippen molar-refractivity contribution in [3.63, 3.8) is 0 Å². The van der Waals surface area contributed by atoms with Crippen LogP contribution in [0.3, 0.4) is 0 Å². The van der Waals surface area contributed by atoms with Crippen molar-refractivity contribution in [2.75, 3.05) is 13.2 Å². The van der Waals surface area contributed by atoms with E-state index in [9.17, 15) is 0 Å². The Morgan fingerprint density at radius 1 is 0.938 bits per heavy atom. The Balaban J connectivity index is 1.33. The van der Waals surface area contributed by atoms with E-state index in [1.165, 1.54) is 12.8 Å². The van der Waals surface area contributed by atoms with Gasteiger partial charge in [-0.25, -0.2) is 0 Å². The van der Waals surface area contributed by atoms with E-state index in [4.69, 9.17) is 9.47 Å². The van der Waals surface area contributed by atoms with Crippen LogP contribution in [-0.4, -0.2) is 25.4 Å². The van der Waals surface area contributed by atoms with Crippen LogP contribution in [0.25, 0.3) is 0 Å². The van der Waals surface area contributed by atoms with Gasteiger partial charge in [0.15, 0.2) is 0 Å². The van der Waals surface area contributed by atoms with Crippen molar-refractivity contribution in [1.82, 2.24) is 0 Å². The first-order chi connectivity index (χ1) is 7.90.